The Bertz CT molecular complexity index is 2510. The molecular formula is C48H66F4N6O6S2. The fourth-order valence-corrected chi connectivity index (χ4v) is 8.31. The lowest BCUT2D eigenvalue weighted by molar-refractivity contribution is -0.137. The lowest BCUT2D eigenvalue weighted by Gasteiger charge is -2.27. The smallest absolute Gasteiger partial charge is 0.416 e. The molecule has 3 unspecified atom stereocenters. The van der Waals surface area contributed by atoms with E-state index in [4.69, 9.17) is 4.74 Å². The van der Waals surface area contributed by atoms with Crippen LogP contribution >= 0.6 is 11.3 Å². The summed E-state index contributed by atoms with van der Waals surface area (Å²) in [7, 11) is 0.871. The minimum atomic E-state index is -4.63. The van der Waals surface area contributed by atoms with Gasteiger partial charge in [-0.3, -0.25) is 24.0 Å². The van der Waals surface area contributed by atoms with Crippen molar-refractivity contribution in [2.75, 3.05) is 32.3 Å². The minimum absolute atomic E-state index is 0.00389. The van der Waals surface area contributed by atoms with E-state index >= 15 is 0 Å². The maximum absolute atomic E-state index is 13.2. The van der Waals surface area contributed by atoms with E-state index in [1.165, 1.54) is 6.26 Å². The number of ether oxygens (including phenoxy) is 1. The van der Waals surface area contributed by atoms with Crippen LogP contribution in [0.5, 0.6) is 5.75 Å². The van der Waals surface area contributed by atoms with E-state index in [1.54, 1.807) is 57.4 Å². The summed E-state index contributed by atoms with van der Waals surface area (Å²) in [6, 6.07) is 6.46. The molecule has 0 radical (unpaired) electrons. The number of hydrogen-bond acceptors (Lipinski definition) is 10. The molecule has 4 N–H and O–H groups in total. The number of nitrogens with zero attached hydrogens (tertiary/aromatic N) is 2. The zero-order chi connectivity index (χ0) is 50.1. The van der Waals surface area contributed by atoms with Crippen LogP contribution in [-0.2, 0) is 30.3 Å². The molecule has 2 aliphatic rings. The second-order valence-electron chi connectivity index (χ2n) is 18.8. The summed E-state index contributed by atoms with van der Waals surface area (Å²) in [5.41, 5.74) is 0.867. The van der Waals surface area contributed by atoms with E-state index in [-0.39, 0.29) is 29.0 Å². The number of carbonyl (C=O) groups excluding carboxylic acids is 3. The summed E-state index contributed by atoms with van der Waals surface area (Å²) in [6.07, 6.45) is 1.23. The van der Waals surface area contributed by atoms with Gasteiger partial charge in [0.1, 0.15) is 28.4 Å². The molecule has 1 aliphatic carbocycles. The number of likely N-dealkylation sites (N-methyl/N-ethyl adjacent to an activating group) is 1. The molecule has 364 valence electrons. The second kappa shape index (κ2) is 22.6. The van der Waals surface area contributed by atoms with Crippen molar-refractivity contribution < 1.29 is 40.9 Å². The SMILES string of the molecule is C=CC1C[C@]1(NC(=O)C1CCCN1C)C(=O)NS(=C)(C)=O.CC(C)(C)[C@@H](C=O)Nc1cc(F)cc(C(F)(F)F)c1.CC(C)C.COc1ccc2c(=O)cc(-c3nc(C(C)C)cs3)[nH]c2c1C. The zero-order valence-electron chi connectivity index (χ0n) is 40.0. The number of methoxy groups -OCH3 is 1. The van der Waals surface area contributed by atoms with Gasteiger partial charge in [-0.1, -0.05) is 61.5 Å². The molecular weight excluding hydrogens is 897 g/mol. The Labute approximate surface area is 390 Å². The predicted octanol–water partition coefficient (Wildman–Crippen LogP) is 9.14. The number of anilines is 1. The number of benzene rings is 2. The molecule has 5 atom stereocenters. The van der Waals surface area contributed by atoms with Gasteiger partial charge < -0.3 is 25.1 Å². The van der Waals surface area contributed by atoms with Crippen LogP contribution in [0.1, 0.15) is 97.4 Å². The van der Waals surface area contributed by atoms with Crippen molar-refractivity contribution in [3.63, 3.8) is 0 Å². The number of rotatable bonds is 11. The van der Waals surface area contributed by atoms with Gasteiger partial charge in [-0.05, 0) is 93.2 Å². The number of aromatic amines is 1. The lowest BCUT2D eigenvalue weighted by Crippen LogP contribution is -2.55. The van der Waals surface area contributed by atoms with Gasteiger partial charge in [-0.15, -0.1) is 17.9 Å². The molecule has 1 saturated carbocycles. The number of H-pyrrole nitrogens is 1. The summed E-state index contributed by atoms with van der Waals surface area (Å²) >= 11 is 1.55. The highest BCUT2D eigenvalue weighted by molar-refractivity contribution is 7.98. The van der Waals surface area contributed by atoms with Crippen molar-refractivity contribution >= 4 is 61.6 Å². The summed E-state index contributed by atoms with van der Waals surface area (Å²) in [5, 5.41) is 9.01. The third kappa shape index (κ3) is 15.2. The summed E-state index contributed by atoms with van der Waals surface area (Å²) in [4.78, 5) is 58.0. The summed E-state index contributed by atoms with van der Waals surface area (Å²) in [5.74, 6) is 3.67. The number of halogens is 4. The maximum Gasteiger partial charge on any atom is 0.416 e. The topological polar surface area (TPSA) is 163 Å². The van der Waals surface area contributed by atoms with Crippen LogP contribution in [0.15, 0.2) is 59.2 Å². The van der Waals surface area contributed by atoms with Crippen molar-refractivity contribution in [3.05, 3.63) is 87.3 Å². The Balaban J connectivity index is 0.000000253. The van der Waals surface area contributed by atoms with Gasteiger partial charge >= 0.3 is 6.18 Å². The van der Waals surface area contributed by atoms with Gasteiger partial charge in [0, 0.05) is 50.0 Å². The number of fused-ring (bicyclic) bond motifs is 1. The molecule has 2 amide bonds. The van der Waals surface area contributed by atoms with Crippen LogP contribution in [0.25, 0.3) is 21.6 Å². The number of alkyl halides is 3. The predicted molar refractivity (Wildman–Crippen MR) is 260 cm³/mol. The molecule has 66 heavy (non-hydrogen) atoms. The Kier molecular flexibility index (Phi) is 18.9. The first kappa shape index (κ1) is 55.3. The number of aldehydes is 1. The van der Waals surface area contributed by atoms with Gasteiger partial charge in [-0.25, -0.2) is 13.6 Å². The monoisotopic (exact) mass is 962 g/mol. The van der Waals surface area contributed by atoms with Crippen LogP contribution in [0, 0.1) is 30.0 Å². The van der Waals surface area contributed by atoms with Crippen molar-refractivity contribution in [1.29, 1.82) is 0 Å². The van der Waals surface area contributed by atoms with Crippen molar-refractivity contribution in [3.8, 4) is 16.5 Å². The maximum atomic E-state index is 13.2. The number of carbonyl (C=O) groups is 3. The number of amides is 2. The van der Waals surface area contributed by atoms with Gasteiger partial charge in [-0.2, -0.15) is 13.2 Å². The second-order valence-corrected chi connectivity index (χ2v) is 21.8. The number of thiazole rings is 1. The highest BCUT2D eigenvalue weighted by Crippen LogP contribution is 2.45. The molecule has 1 saturated heterocycles. The number of hydrogen-bond donors (Lipinski definition) is 4. The summed E-state index contributed by atoms with van der Waals surface area (Å²) < 4.78 is 70.2. The van der Waals surface area contributed by atoms with E-state index < -0.39 is 50.2 Å². The van der Waals surface area contributed by atoms with Crippen LogP contribution < -0.4 is 25.5 Å². The third-order valence-corrected chi connectivity index (χ3v) is 12.1. The molecule has 1 aliphatic heterocycles. The quantitative estimate of drug-likeness (QED) is 0.0497. The number of likely N-dealkylation sites (tertiary alicyclic amines) is 1. The zero-order valence-corrected chi connectivity index (χ0v) is 41.6. The fourth-order valence-electron chi connectivity index (χ4n) is 6.79. The van der Waals surface area contributed by atoms with E-state index in [0.717, 1.165) is 70.7 Å². The van der Waals surface area contributed by atoms with Gasteiger partial charge in [0.05, 0.1) is 41.7 Å². The standard InChI is InChI=1S/C17H18N2O2S.C14H23N3O3S.C13H15F4NO.C4H10/c1-9(2)13-8-22-17(19-13)12-7-14(20)11-5-6-15(21-4)10(3)16(11)18-12;1-5-10-9-14(10,13(19)16-21(3,4)20)15-12(18)11-7-6-8-17(11)2;1-12(2,3)11(7-19)18-10-5-8(13(15,16)17)4-9(14)6-10;1-4(2)3/h5-9H,1-4H3,(H,18,20);5,10-11H,1,3,6-9H2,2,4H3,(H,15,18)(H,16,19,20);4-7,11,18H,1-3H3;4H,1-3H3/t;10?,11?,14-,21?;11-;/m.11./s1. The third-order valence-electron chi connectivity index (χ3n) is 10.6. The van der Waals surface area contributed by atoms with Crippen LogP contribution in [0.3, 0.4) is 0 Å². The highest BCUT2D eigenvalue weighted by Gasteiger charge is 2.60. The van der Waals surface area contributed by atoms with Gasteiger partial charge in [0.15, 0.2) is 5.43 Å². The Morgan fingerprint density at radius 2 is 1.74 bits per heavy atom. The van der Waals surface area contributed by atoms with Gasteiger partial charge in [0.2, 0.25) is 5.91 Å². The molecule has 3 heterocycles. The molecule has 4 aromatic rings. The molecule has 0 bridgehead atoms. The van der Waals surface area contributed by atoms with E-state index in [1.807, 2.05) is 30.3 Å². The molecule has 2 aromatic heterocycles. The van der Waals surface area contributed by atoms with Crippen molar-refractivity contribution in [2.45, 2.75) is 111 Å². The average Bonchev–Trinajstić information content (AvgIpc) is 3.45. The van der Waals surface area contributed by atoms with Crippen molar-refractivity contribution in [1.82, 2.24) is 24.9 Å². The fraction of sp³-hybridized carbons (Fsp3) is 0.500. The lowest BCUT2D eigenvalue weighted by atomic mass is 9.87. The Morgan fingerprint density at radius 1 is 1.11 bits per heavy atom. The Hall–Kier alpha value is -5.07. The molecule has 2 fully saturated rings. The first-order chi connectivity index (χ1) is 30.5. The normalized spacial score (nSPS) is 19.4. The first-order valence-electron chi connectivity index (χ1n) is 21.5. The molecule has 0 spiro atoms. The number of pyridine rings is 1. The van der Waals surface area contributed by atoms with Crippen LogP contribution in [-0.4, -0.2) is 87.6 Å². The molecule has 12 nitrogen and oxygen atoms in total. The summed E-state index contributed by atoms with van der Waals surface area (Å²) in [6.45, 7) is 22.5. The number of aromatic nitrogens is 2. The number of nitrogens with one attached hydrogen (secondary N) is 4. The molecule has 18 heteroatoms. The van der Waals surface area contributed by atoms with Gasteiger partial charge in [0.25, 0.3) is 5.91 Å². The van der Waals surface area contributed by atoms with Crippen LogP contribution in [0.2, 0.25) is 0 Å². The van der Waals surface area contributed by atoms with E-state index in [2.05, 4.69) is 72.4 Å². The van der Waals surface area contributed by atoms with E-state index in [0.29, 0.717) is 30.1 Å². The minimum Gasteiger partial charge on any atom is -0.496 e. The molecule has 2 aromatic carbocycles. The first-order valence-corrected chi connectivity index (χ1v) is 24.5. The van der Waals surface area contributed by atoms with Crippen molar-refractivity contribution in [2.24, 2.45) is 17.3 Å². The van der Waals surface area contributed by atoms with E-state index in [9.17, 15) is 40.9 Å². The average molecular weight is 963 g/mol. The number of aryl methyl sites for hydroxylation is 1. The largest absolute Gasteiger partial charge is 0.496 e. The molecule has 6 rings (SSSR count). The Morgan fingerprint density at radius 3 is 2.21 bits per heavy atom. The highest BCUT2D eigenvalue weighted by atomic mass is 32.2. The van der Waals surface area contributed by atoms with Crippen LogP contribution in [0.4, 0.5) is 23.2 Å².